The monoisotopic (exact) mass is 413 g/mol. The second-order valence-corrected chi connectivity index (χ2v) is 8.50. The topological polar surface area (TPSA) is 62.2 Å². The highest BCUT2D eigenvalue weighted by Crippen LogP contribution is 2.24. The molecule has 162 valence electrons. The third-order valence-corrected chi connectivity index (χ3v) is 6.34. The Bertz CT molecular complexity index is 857. The first-order valence-corrected chi connectivity index (χ1v) is 11.1. The highest BCUT2D eigenvalue weighted by atomic mass is 19.1. The lowest BCUT2D eigenvalue weighted by molar-refractivity contribution is 0.0939. The van der Waals surface area contributed by atoms with Gasteiger partial charge in [-0.15, -0.1) is 0 Å². The van der Waals surface area contributed by atoms with Gasteiger partial charge in [0, 0.05) is 44.0 Å². The molecule has 2 heterocycles. The van der Waals surface area contributed by atoms with Crippen molar-refractivity contribution in [1.29, 1.82) is 0 Å². The Labute approximate surface area is 177 Å². The van der Waals surface area contributed by atoms with Crippen LogP contribution < -0.4 is 10.6 Å². The summed E-state index contributed by atoms with van der Waals surface area (Å²) in [5, 5.41) is 11.2. The number of fused-ring (bicyclic) bond motifs is 1. The number of aryl methyl sites for hydroxylation is 1. The van der Waals surface area contributed by atoms with Gasteiger partial charge in [0.2, 0.25) is 0 Å². The molecule has 0 bridgehead atoms. The zero-order chi connectivity index (χ0) is 20.9. The molecular formula is C23H32FN5O. The van der Waals surface area contributed by atoms with E-state index in [9.17, 15) is 9.18 Å². The molecule has 1 amide bonds. The number of carbonyl (C=O) groups excluding carboxylic acids is 1. The molecular weight excluding hydrogens is 381 g/mol. The second-order valence-electron chi connectivity index (χ2n) is 8.50. The maximum Gasteiger partial charge on any atom is 0.272 e. The number of hydrogen-bond acceptors (Lipinski definition) is 4. The average molecular weight is 414 g/mol. The van der Waals surface area contributed by atoms with Gasteiger partial charge in [-0.25, -0.2) is 4.39 Å². The first kappa shape index (κ1) is 21.0. The van der Waals surface area contributed by atoms with Crippen LogP contribution in [0.15, 0.2) is 24.3 Å². The molecule has 1 aliphatic heterocycles. The third kappa shape index (κ3) is 5.08. The first-order valence-electron chi connectivity index (χ1n) is 11.1. The molecule has 7 heteroatoms. The van der Waals surface area contributed by atoms with Crippen LogP contribution in [0.2, 0.25) is 0 Å². The Hall–Kier alpha value is -2.25. The van der Waals surface area contributed by atoms with E-state index in [1.54, 1.807) is 0 Å². The van der Waals surface area contributed by atoms with Crippen molar-refractivity contribution in [3.63, 3.8) is 0 Å². The minimum absolute atomic E-state index is 0.0666. The summed E-state index contributed by atoms with van der Waals surface area (Å²) in [5.74, 6) is -0.282. The van der Waals surface area contributed by atoms with Crippen molar-refractivity contribution in [1.82, 2.24) is 25.3 Å². The van der Waals surface area contributed by atoms with E-state index in [1.807, 2.05) is 23.9 Å². The second kappa shape index (κ2) is 9.71. The van der Waals surface area contributed by atoms with Crippen molar-refractivity contribution in [3.05, 3.63) is 52.6 Å². The Kier molecular flexibility index (Phi) is 6.79. The van der Waals surface area contributed by atoms with Crippen LogP contribution in [0.4, 0.5) is 4.39 Å². The SMILES string of the molecule is Cn1nc(C(=O)NCCN2CCCCC2)c2c1CCC(NCc1ccc(F)cc1)C2. The van der Waals surface area contributed by atoms with Gasteiger partial charge in [-0.05, 0) is 62.9 Å². The fourth-order valence-corrected chi connectivity index (χ4v) is 4.60. The molecule has 1 aromatic carbocycles. The van der Waals surface area contributed by atoms with Crippen molar-refractivity contribution in [3.8, 4) is 0 Å². The van der Waals surface area contributed by atoms with Crippen molar-refractivity contribution in [2.45, 2.75) is 51.1 Å². The minimum Gasteiger partial charge on any atom is -0.349 e. The summed E-state index contributed by atoms with van der Waals surface area (Å²) in [6, 6.07) is 6.88. The van der Waals surface area contributed by atoms with E-state index in [4.69, 9.17) is 0 Å². The van der Waals surface area contributed by atoms with Crippen LogP contribution in [0.3, 0.4) is 0 Å². The molecule has 1 saturated heterocycles. The molecule has 1 fully saturated rings. The van der Waals surface area contributed by atoms with Gasteiger partial charge in [0.15, 0.2) is 5.69 Å². The van der Waals surface area contributed by atoms with Gasteiger partial charge in [0.05, 0.1) is 0 Å². The summed E-state index contributed by atoms with van der Waals surface area (Å²) >= 11 is 0. The van der Waals surface area contributed by atoms with E-state index >= 15 is 0 Å². The molecule has 4 rings (SSSR count). The van der Waals surface area contributed by atoms with Crippen LogP contribution in [0.25, 0.3) is 0 Å². The molecule has 30 heavy (non-hydrogen) atoms. The summed E-state index contributed by atoms with van der Waals surface area (Å²) in [6.07, 6.45) is 6.53. The number of nitrogens with zero attached hydrogens (tertiary/aromatic N) is 3. The number of amides is 1. The zero-order valence-corrected chi connectivity index (χ0v) is 17.8. The van der Waals surface area contributed by atoms with Crippen LogP contribution >= 0.6 is 0 Å². The van der Waals surface area contributed by atoms with E-state index in [2.05, 4.69) is 20.6 Å². The molecule has 0 spiro atoms. The Morgan fingerprint density at radius 2 is 1.97 bits per heavy atom. The van der Waals surface area contributed by atoms with Crippen LogP contribution in [0.1, 0.15) is 53.0 Å². The molecule has 2 aromatic rings. The molecule has 2 N–H and O–H groups in total. The molecule has 1 aliphatic carbocycles. The number of benzene rings is 1. The van der Waals surface area contributed by atoms with Gasteiger partial charge in [0.1, 0.15) is 5.82 Å². The van der Waals surface area contributed by atoms with Crippen molar-refractivity contribution >= 4 is 5.91 Å². The third-order valence-electron chi connectivity index (χ3n) is 6.34. The van der Waals surface area contributed by atoms with Gasteiger partial charge in [-0.2, -0.15) is 5.10 Å². The van der Waals surface area contributed by atoms with E-state index in [0.29, 0.717) is 18.8 Å². The molecule has 2 aliphatic rings. The predicted octanol–water partition coefficient (Wildman–Crippen LogP) is 2.42. The van der Waals surface area contributed by atoms with E-state index < -0.39 is 0 Å². The highest BCUT2D eigenvalue weighted by Gasteiger charge is 2.28. The number of halogens is 1. The smallest absolute Gasteiger partial charge is 0.272 e. The average Bonchev–Trinajstić information content (AvgIpc) is 3.10. The Morgan fingerprint density at radius 1 is 1.20 bits per heavy atom. The van der Waals surface area contributed by atoms with Crippen LogP contribution in [0.5, 0.6) is 0 Å². The number of hydrogen-bond donors (Lipinski definition) is 2. The predicted molar refractivity (Wildman–Crippen MR) is 115 cm³/mol. The van der Waals surface area contributed by atoms with E-state index in [0.717, 1.165) is 55.7 Å². The summed E-state index contributed by atoms with van der Waals surface area (Å²) in [7, 11) is 1.93. The number of piperidine rings is 1. The maximum atomic E-state index is 13.1. The number of nitrogens with one attached hydrogen (secondary N) is 2. The molecule has 1 aromatic heterocycles. The Balaban J connectivity index is 1.33. The van der Waals surface area contributed by atoms with Gasteiger partial charge in [0.25, 0.3) is 5.91 Å². The fraction of sp³-hybridized carbons (Fsp3) is 0.565. The van der Waals surface area contributed by atoms with Crippen molar-refractivity contribution < 1.29 is 9.18 Å². The number of likely N-dealkylation sites (tertiary alicyclic amines) is 1. The number of carbonyl (C=O) groups is 1. The first-order chi connectivity index (χ1) is 14.6. The standard InChI is InChI=1S/C23H32FN5O/c1-28-21-10-9-19(26-16-17-5-7-18(24)8-6-17)15-20(21)22(27-28)23(30)25-11-14-29-12-3-2-4-13-29/h5-8,19,26H,2-4,9-16H2,1H3,(H,25,30). The van der Waals surface area contributed by atoms with Crippen LogP contribution in [-0.2, 0) is 26.4 Å². The number of rotatable bonds is 7. The largest absolute Gasteiger partial charge is 0.349 e. The van der Waals surface area contributed by atoms with Crippen molar-refractivity contribution in [2.75, 3.05) is 26.2 Å². The van der Waals surface area contributed by atoms with Gasteiger partial charge in [-0.1, -0.05) is 18.6 Å². The summed E-state index contributed by atoms with van der Waals surface area (Å²) in [6.45, 7) is 4.53. The zero-order valence-electron chi connectivity index (χ0n) is 17.8. The lowest BCUT2D eigenvalue weighted by atomic mass is 9.91. The van der Waals surface area contributed by atoms with Gasteiger partial charge < -0.3 is 15.5 Å². The lowest BCUT2D eigenvalue weighted by Gasteiger charge is -2.26. The van der Waals surface area contributed by atoms with Crippen LogP contribution in [0, 0.1) is 5.82 Å². The molecule has 1 atom stereocenters. The Morgan fingerprint density at radius 3 is 2.73 bits per heavy atom. The normalized spacial score (nSPS) is 19.5. The molecule has 0 saturated carbocycles. The quantitative estimate of drug-likeness (QED) is 0.732. The number of aromatic nitrogens is 2. The van der Waals surface area contributed by atoms with Crippen LogP contribution in [-0.4, -0.2) is 52.8 Å². The molecule has 6 nitrogen and oxygen atoms in total. The minimum atomic E-state index is -0.215. The van der Waals surface area contributed by atoms with E-state index in [1.165, 1.54) is 31.4 Å². The van der Waals surface area contributed by atoms with Crippen molar-refractivity contribution in [2.24, 2.45) is 7.05 Å². The highest BCUT2D eigenvalue weighted by molar-refractivity contribution is 5.94. The molecule has 0 radical (unpaired) electrons. The van der Waals surface area contributed by atoms with Gasteiger partial charge in [-0.3, -0.25) is 9.48 Å². The fourth-order valence-electron chi connectivity index (χ4n) is 4.60. The summed E-state index contributed by atoms with van der Waals surface area (Å²) < 4.78 is 15.0. The summed E-state index contributed by atoms with van der Waals surface area (Å²) in [4.78, 5) is 15.3. The lowest BCUT2D eigenvalue weighted by Crippen LogP contribution is -2.38. The molecule has 1 unspecified atom stereocenters. The van der Waals surface area contributed by atoms with Gasteiger partial charge >= 0.3 is 0 Å². The summed E-state index contributed by atoms with van der Waals surface area (Å²) in [5.41, 5.74) is 3.86. The van der Waals surface area contributed by atoms with E-state index in [-0.39, 0.29) is 17.8 Å². The maximum absolute atomic E-state index is 13.1.